The Labute approximate surface area is 107 Å². The molecule has 0 amide bonds. The van der Waals surface area contributed by atoms with Crippen LogP contribution in [0.15, 0.2) is 58.1 Å². The molecule has 0 spiro atoms. The summed E-state index contributed by atoms with van der Waals surface area (Å²) < 4.78 is 0. The summed E-state index contributed by atoms with van der Waals surface area (Å²) in [7, 11) is 0. The molecule has 4 rings (SSSR count). The highest BCUT2D eigenvalue weighted by Gasteiger charge is 2.10. The quantitative estimate of drug-likeness (QED) is 0.486. The van der Waals surface area contributed by atoms with E-state index in [1.807, 2.05) is 36.4 Å². The summed E-state index contributed by atoms with van der Waals surface area (Å²) in [6.45, 7) is 0. The third kappa shape index (κ3) is 1.27. The van der Waals surface area contributed by atoms with Crippen LogP contribution in [-0.4, -0.2) is 4.98 Å². The maximum absolute atomic E-state index is 12.1. The molecule has 0 bridgehead atoms. The lowest BCUT2D eigenvalue weighted by Gasteiger charge is -2.04. The van der Waals surface area contributed by atoms with E-state index in [0.29, 0.717) is 10.8 Å². The highest BCUT2D eigenvalue weighted by atomic mass is 16.2. The number of H-pyrrole nitrogens is 1. The topological polar surface area (TPSA) is 49.9 Å². The van der Waals surface area contributed by atoms with E-state index in [1.165, 1.54) is 0 Å². The van der Waals surface area contributed by atoms with Gasteiger partial charge in [-0.2, -0.15) is 0 Å². The Morgan fingerprint density at radius 1 is 0.632 bits per heavy atom. The van der Waals surface area contributed by atoms with Gasteiger partial charge >= 0.3 is 0 Å². The zero-order chi connectivity index (χ0) is 13.0. The number of rotatable bonds is 0. The van der Waals surface area contributed by atoms with Crippen molar-refractivity contribution >= 4 is 32.3 Å². The molecule has 0 atom stereocenters. The van der Waals surface area contributed by atoms with Gasteiger partial charge in [0.1, 0.15) is 0 Å². The van der Waals surface area contributed by atoms with Gasteiger partial charge in [-0.1, -0.05) is 36.4 Å². The molecule has 3 nitrogen and oxygen atoms in total. The molecule has 90 valence electrons. The largest absolute Gasteiger partial charge is 0.288 e. The van der Waals surface area contributed by atoms with Gasteiger partial charge in [-0.3, -0.25) is 14.6 Å². The van der Waals surface area contributed by atoms with Crippen molar-refractivity contribution in [2.24, 2.45) is 0 Å². The standard InChI is InChI=1S/C16H9NO2/c18-15-11-5-1-3-9-7-8-10-4-2-6-12(16(19)17-15)14(10)13(9)11/h1-8H,(H,17,18,19). The summed E-state index contributed by atoms with van der Waals surface area (Å²) in [4.78, 5) is 26.7. The predicted molar refractivity (Wildman–Crippen MR) is 77.0 cm³/mol. The zero-order valence-corrected chi connectivity index (χ0v) is 9.94. The van der Waals surface area contributed by atoms with Crippen LogP contribution in [0.5, 0.6) is 0 Å². The van der Waals surface area contributed by atoms with Crippen LogP contribution in [0.4, 0.5) is 0 Å². The maximum Gasteiger partial charge on any atom is 0.258 e. The van der Waals surface area contributed by atoms with Crippen molar-refractivity contribution in [1.82, 2.24) is 4.98 Å². The van der Waals surface area contributed by atoms with Gasteiger partial charge in [0.15, 0.2) is 0 Å². The molecule has 0 aliphatic heterocycles. The van der Waals surface area contributed by atoms with E-state index in [0.717, 1.165) is 21.5 Å². The Morgan fingerprint density at radius 3 is 1.58 bits per heavy atom. The molecule has 4 aromatic rings. The third-order valence-corrected chi connectivity index (χ3v) is 3.60. The molecule has 1 aromatic heterocycles. The van der Waals surface area contributed by atoms with Crippen LogP contribution in [0, 0.1) is 0 Å². The molecule has 0 saturated carbocycles. The highest BCUT2D eigenvalue weighted by Crippen LogP contribution is 2.29. The van der Waals surface area contributed by atoms with Crippen LogP contribution in [-0.2, 0) is 0 Å². The monoisotopic (exact) mass is 247 g/mol. The molecule has 19 heavy (non-hydrogen) atoms. The fourth-order valence-electron chi connectivity index (χ4n) is 2.77. The SMILES string of the molecule is O=c1[nH]c(=O)c2cccc3ccc4cccc1c4c32. The van der Waals surface area contributed by atoms with Crippen molar-refractivity contribution in [3.63, 3.8) is 0 Å². The first-order valence-corrected chi connectivity index (χ1v) is 6.06. The first-order valence-electron chi connectivity index (χ1n) is 6.06. The van der Waals surface area contributed by atoms with E-state index in [2.05, 4.69) is 4.98 Å². The third-order valence-electron chi connectivity index (χ3n) is 3.60. The molecule has 0 radical (unpaired) electrons. The van der Waals surface area contributed by atoms with Gasteiger partial charge < -0.3 is 0 Å². The minimum atomic E-state index is -0.334. The van der Waals surface area contributed by atoms with Gasteiger partial charge in [0, 0.05) is 21.5 Å². The van der Waals surface area contributed by atoms with E-state index in [4.69, 9.17) is 0 Å². The van der Waals surface area contributed by atoms with Crippen LogP contribution >= 0.6 is 0 Å². The summed E-state index contributed by atoms with van der Waals surface area (Å²) >= 11 is 0. The second-order valence-corrected chi connectivity index (χ2v) is 4.66. The average Bonchev–Trinajstić information content (AvgIpc) is 2.55. The summed E-state index contributed by atoms with van der Waals surface area (Å²) in [5.74, 6) is 0. The second-order valence-electron chi connectivity index (χ2n) is 4.66. The lowest BCUT2D eigenvalue weighted by Crippen LogP contribution is -2.13. The average molecular weight is 247 g/mol. The van der Waals surface area contributed by atoms with Crippen molar-refractivity contribution < 1.29 is 0 Å². The molecule has 0 aliphatic carbocycles. The van der Waals surface area contributed by atoms with Crippen molar-refractivity contribution in [3.05, 3.63) is 69.2 Å². The fourth-order valence-corrected chi connectivity index (χ4v) is 2.77. The maximum atomic E-state index is 12.1. The van der Waals surface area contributed by atoms with E-state index < -0.39 is 0 Å². The van der Waals surface area contributed by atoms with Crippen LogP contribution in [0.3, 0.4) is 0 Å². The van der Waals surface area contributed by atoms with Crippen molar-refractivity contribution in [3.8, 4) is 0 Å². The molecule has 0 aliphatic rings. The Hall–Kier alpha value is -2.68. The van der Waals surface area contributed by atoms with Gasteiger partial charge in [0.25, 0.3) is 11.1 Å². The van der Waals surface area contributed by atoms with E-state index in [9.17, 15) is 9.59 Å². The molecule has 0 fully saturated rings. The molecule has 1 N–H and O–H groups in total. The van der Waals surface area contributed by atoms with Crippen LogP contribution < -0.4 is 11.1 Å². The summed E-state index contributed by atoms with van der Waals surface area (Å²) in [5, 5.41) is 4.78. The molecule has 0 saturated heterocycles. The van der Waals surface area contributed by atoms with E-state index in [-0.39, 0.29) is 11.1 Å². The minimum absolute atomic E-state index is 0.334. The molecule has 3 aromatic carbocycles. The highest BCUT2D eigenvalue weighted by molar-refractivity contribution is 6.21. The minimum Gasteiger partial charge on any atom is -0.288 e. The zero-order valence-electron chi connectivity index (χ0n) is 9.94. The number of aromatic amines is 1. The van der Waals surface area contributed by atoms with Gasteiger partial charge in [-0.25, -0.2) is 0 Å². The first kappa shape index (κ1) is 10.3. The lowest BCUT2D eigenvalue weighted by atomic mass is 9.98. The van der Waals surface area contributed by atoms with Crippen LogP contribution in [0.2, 0.25) is 0 Å². The Balaban J connectivity index is 2.63. The van der Waals surface area contributed by atoms with Gasteiger partial charge in [0.2, 0.25) is 0 Å². The van der Waals surface area contributed by atoms with Gasteiger partial charge in [0.05, 0.1) is 0 Å². The Bertz CT molecular complexity index is 963. The summed E-state index contributed by atoms with van der Waals surface area (Å²) in [6, 6.07) is 15.1. The summed E-state index contributed by atoms with van der Waals surface area (Å²) in [5.41, 5.74) is -0.668. The Kier molecular flexibility index (Phi) is 1.85. The van der Waals surface area contributed by atoms with Crippen molar-refractivity contribution in [2.45, 2.75) is 0 Å². The van der Waals surface area contributed by atoms with Crippen LogP contribution in [0.1, 0.15) is 0 Å². The second kappa shape index (κ2) is 3.42. The number of aromatic nitrogens is 1. The molecule has 1 heterocycles. The number of hydrogen-bond acceptors (Lipinski definition) is 2. The Morgan fingerprint density at radius 2 is 1.11 bits per heavy atom. The van der Waals surface area contributed by atoms with Gasteiger partial charge in [-0.05, 0) is 22.9 Å². The van der Waals surface area contributed by atoms with Gasteiger partial charge in [-0.15, -0.1) is 0 Å². The number of nitrogens with one attached hydrogen (secondary N) is 1. The fraction of sp³-hybridized carbons (Fsp3) is 0. The normalized spacial score (nSPS) is 11.6. The van der Waals surface area contributed by atoms with Crippen molar-refractivity contribution in [2.75, 3.05) is 0 Å². The number of benzene rings is 3. The first-order chi connectivity index (χ1) is 9.25. The lowest BCUT2D eigenvalue weighted by molar-refractivity contribution is 1.23. The molecular weight excluding hydrogens is 238 g/mol. The molecule has 0 unspecified atom stereocenters. The van der Waals surface area contributed by atoms with E-state index >= 15 is 0 Å². The van der Waals surface area contributed by atoms with Crippen LogP contribution in [0.25, 0.3) is 32.3 Å². The summed E-state index contributed by atoms with van der Waals surface area (Å²) in [6.07, 6.45) is 0. The molecular formula is C16H9NO2. The smallest absolute Gasteiger partial charge is 0.258 e. The van der Waals surface area contributed by atoms with E-state index in [1.54, 1.807) is 12.1 Å². The number of hydrogen-bond donors (Lipinski definition) is 1. The molecule has 3 heteroatoms. The predicted octanol–water partition coefficient (Wildman–Crippen LogP) is 2.63. The van der Waals surface area contributed by atoms with Crippen molar-refractivity contribution in [1.29, 1.82) is 0 Å².